The van der Waals surface area contributed by atoms with E-state index >= 15 is 0 Å². The van der Waals surface area contributed by atoms with E-state index in [0.717, 1.165) is 45.8 Å². The highest BCUT2D eigenvalue weighted by Gasteiger charge is 2.16. The second-order valence-electron chi connectivity index (χ2n) is 7.99. The van der Waals surface area contributed by atoms with Gasteiger partial charge in [0.25, 0.3) is 0 Å². The van der Waals surface area contributed by atoms with E-state index in [1.165, 1.54) is 5.56 Å². The molecule has 0 aliphatic rings. The SMILES string of the molecule is Cc1cccc2c1nc(C(C)C)n2Cc1ccc(-c2ccccc2-c2nn[nH]n2)nc1. The molecule has 1 N–H and O–H groups in total. The van der Waals surface area contributed by atoms with Gasteiger partial charge in [-0.2, -0.15) is 5.21 Å². The molecule has 154 valence electrons. The van der Waals surface area contributed by atoms with Crippen LogP contribution in [0.4, 0.5) is 0 Å². The minimum atomic E-state index is 0.334. The Balaban J connectivity index is 1.51. The molecule has 0 saturated carbocycles. The standard InChI is InChI=1S/C24H23N7/c1-15(2)24-26-22-16(3)7-6-10-21(22)31(24)14-17-11-12-20(25-13-17)18-8-4-5-9-19(18)23-27-29-30-28-23/h4-13,15H,14H2,1-3H3,(H,27,28,29,30). The van der Waals surface area contributed by atoms with Crippen molar-refractivity contribution in [2.45, 2.75) is 33.2 Å². The van der Waals surface area contributed by atoms with Crippen LogP contribution in [0.2, 0.25) is 0 Å². The highest BCUT2D eigenvalue weighted by atomic mass is 15.5. The van der Waals surface area contributed by atoms with Crippen LogP contribution in [0.25, 0.3) is 33.7 Å². The number of nitrogens with one attached hydrogen (secondary N) is 1. The highest BCUT2D eigenvalue weighted by Crippen LogP contribution is 2.29. The molecule has 5 aromatic rings. The zero-order valence-electron chi connectivity index (χ0n) is 17.7. The number of pyridine rings is 1. The molecule has 0 aliphatic carbocycles. The van der Waals surface area contributed by atoms with Crippen LogP contribution in [-0.4, -0.2) is 35.2 Å². The first-order valence-electron chi connectivity index (χ1n) is 10.4. The van der Waals surface area contributed by atoms with Gasteiger partial charge in [-0.15, -0.1) is 10.2 Å². The Morgan fingerprint density at radius 1 is 0.968 bits per heavy atom. The van der Waals surface area contributed by atoms with Crippen LogP contribution in [0.15, 0.2) is 60.8 Å². The Hall–Kier alpha value is -3.87. The molecule has 0 amide bonds. The lowest BCUT2D eigenvalue weighted by Crippen LogP contribution is -2.07. The summed E-state index contributed by atoms with van der Waals surface area (Å²) in [5.74, 6) is 1.99. The molecule has 3 heterocycles. The molecule has 0 bridgehead atoms. The van der Waals surface area contributed by atoms with Gasteiger partial charge < -0.3 is 4.57 Å². The van der Waals surface area contributed by atoms with Gasteiger partial charge in [0.05, 0.1) is 23.3 Å². The maximum absolute atomic E-state index is 4.93. The van der Waals surface area contributed by atoms with Gasteiger partial charge in [-0.25, -0.2) is 4.98 Å². The van der Waals surface area contributed by atoms with E-state index in [4.69, 9.17) is 9.97 Å². The van der Waals surface area contributed by atoms with E-state index in [1.54, 1.807) is 0 Å². The summed E-state index contributed by atoms with van der Waals surface area (Å²) in [7, 11) is 0. The van der Waals surface area contributed by atoms with Gasteiger partial charge in [0, 0.05) is 23.2 Å². The number of imidazole rings is 1. The third-order valence-electron chi connectivity index (χ3n) is 5.48. The van der Waals surface area contributed by atoms with Crippen molar-refractivity contribution >= 4 is 11.0 Å². The van der Waals surface area contributed by atoms with E-state index in [1.807, 2.05) is 36.5 Å². The number of fused-ring (bicyclic) bond motifs is 1. The number of H-pyrrole nitrogens is 1. The van der Waals surface area contributed by atoms with Crippen LogP contribution in [0.3, 0.4) is 0 Å². The summed E-state index contributed by atoms with van der Waals surface area (Å²) in [6.45, 7) is 7.21. The largest absolute Gasteiger partial charge is 0.323 e. The van der Waals surface area contributed by atoms with Gasteiger partial charge in [0.15, 0.2) is 0 Å². The van der Waals surface area contributed by atoms with Crippen molar-refractivity contribution < 1.29 is 0 Å². The van der Waals surface area contributed by atoms with Crippen molar-refractivity contribution in [3.8, 4) is 22.6 Å². The third kappa shape index (κ3) is 3.48. The molecule has 0 saturated heterocycles. The van der Waals surface area contributed by atoms with Gasteiger partial charge in [0.1, 0.15) is 5.82 Å². The fourth-order valence-electron chi connectivity index (χ4n) is 3.95. The van der Waals surface area contributed by atoms with Crippen LogP contribution in [-0.2, 0) is 6.54 Å². The zero-order valence-corrected chi connectivity index (χ0v) is 17.7. The summed E-state index contributed by atoms with van der Waals surface area (Å²) in [4.78, 5) is 9.69. The molecule has 0 unspecified atom stereocenters. The topological polar surface area (TPSA) is 85.2 Å². The van der Waals surface area contributed by atoms with Crippen LogP contribution in [0.1, 0.15) is 36.7 Å². The predicted octanol–water partition coefficient (Wildman–Crippen LogP) is 4.76. The molecular weight excluding hydrogens is 386 g/mol. The van der Waals surface area contributed by atoms with E-state index in [2.05, 4.69) is 70.2 Å². The average molecular weight is 409 g/mol. The van der Waals surface area contributed by atoms with Crippen LogP contribution >= 0.6 is 0 Å². The Labute approximate surface area is 180 Å². The normalized spacial score (nSPS) is 11.5. The molecule has 0 aliphatic heterocycles. The van der Waals surface area contributed by atoms with Crippen molar-refractivity contribution in [2.24, 2.45) is 0 Å². The molecule has 0 fully saturated rings. The van der Waals surface area contributed by atoms with Gasteiger partial charge in [-0.05, 0) is 35.4 Å². The summed E-state index contributed by atoms with van der Waals surface area (Å²) in [5, 5.41) is 14.4. The lowest BCUT2D eigenvalue weighted by molar-refractivity contribution is 0.682. The van der Waals surface area contributed by atoms with Crippen LogP contribution in [0, 0.1) is 6.92 Å². The van der Waals surface area contributed by atoms with Crippen molar-refractivity contribution in [3.63, 3.8) is 0 Å². The Morgan fingerprint density at radius 2 is 1.81 bits per heavy atom. The number of nitrogens with zero attached hydrogens (tertiary/aromatic N) is 6. The van der Waals surface area contributed by atoms with Gasteiger partial charge >= 0.3 is 0 Å². The minimum absolute atomic E-state index is 0.334. The molecule has 0 radical (unpaired) electrons. The van der Waals surface area contributed by atoms with E-state index in [0.29, 0.717) is 11.7 Å². The van der Waals surface area contributed by atoms with E-state index < -0.39 is 0 Å². The Morgan fingerprint density at radius 3 is 2.52 bits per heavy atom. The van der Waals surface area contributed by atoms with Crippen molar-refractivity contribution in [1.29, 1.82) is 0 Å². The van der Waals surface area contributed by atoms with E-state index in [-0.39, 0.29) is 0 Å². The molecule has 7 heteroatoms. The fourth-order valence-corrected chi connectivity index (χ4v) is 3.95. The number of aromatic nitrogens is 7. The first-order chi connectivity index (χ1) is 15.1. The number of para-hydroxylation sites is 1. The first-order valence-corrected chi connectivity index (χ1v) is 10.4. The Kier molecular flexibility index (Phi) is 4.78. The van der Waals surface area contributed by atoms with Gasteiger partial charge in [0.2, 0.25) is 5.82 Å². The molecule has 0 atom stereocenters. The number of hydrogen-bond donors (Lipinski definition) is 1. The summed E-state index contributed by atoms with van der Waals surface area (Å²) in [6, 6.07) is 18.5. The third-order valence-corrected chi connectivity index (χ3v) is 5.48. The molecule has 5 rings (SSSR count). The summed E-state index contributed by atoms with van der Waals surface area (Å²) in [6.07, 6.45) is 1.94. The lowest BCUT2D eigenvalue weighted by atomic mass is 10.0. The average Bonchev–Trinajstić information content (AvgIpc) is 3.44. The fraction of sp³-hybridized carbons (Fsp3) is 0.208. The van der Waals surface area contributed by atoms with Crippen molar-refractivity contribution in [1.82, 2.24) is 35.2 Å². The number of hydrogen-bond acceptors (Lipinski definition) is 5. The monoisotopic (exact) mass is 409 g/mol. The maximum atomic E-state index is 4.93. The molecule has 7 nitrogen and oxygen atoms in total. The molecular formula is C24H23N7. The summed E-state index contributed by atoms with van der Waals surface area (Å²) < 4.78 is 2.30. The van der Waals surface area contributed by atoms with E-state index in [9.17, 15) is 0 Å². The maximum Gasteiger partial charge on any atom is 0.205 e. The second kappa shape index (κ2) is 7.75. The van der Waals surface area contributed by atoms with Gasteiger partial charge in [-0.3, -0.25) is 4.98 Å². The summed E-state index contributed by atoms with van der Waals surface area (Å²) in [5.41, 5.74) is 7.31. The number of benzene rings is 2. The lowest BCUT2D eigenvalue weighted by Gasteiger charge is -2.12. The van der Waals surface area contributed by atoms with Crippen LogP contribution < -0.4 is 0 Å². The number of tetrazole rings is 1. The number of aromatic amines is 1. The Bertz CT molecular complexity index is 1330. The van der Waals surface area contributed by atoms with Gasteiger partial charge in [-0.1, -0.05) is 56.3 Å². The number of rotatable bonds is 5. The molecule has 31 heavy (non-hydrogen) atoms. The second-order valence-corrected chi connectivity index (χ2v) is 7.99. The van der Waals surface area contributed by atoms with Crippen LogP contribution in [0.5, 0.6) is 0 Å². The molecule has 0 spiro atoms. The zero-order chi connectivity index (χ0) is 21.4. The molecule has 2 aromatic carbocycles. The van der Waals surface area contributed by atoms with Crippen molar-refractivity contribution in [3.05, 3.63) is 77.7 Å². The predicted molar refractivity (Wildman–Crippen MR) is 121 cm³/mol. The number of aryl methyl sites for hydroxylation is 1. The first kappa shape index (κ1) is 19.1. The van der Waals surface area contributed by atoms with Crippen molar-refractivity contribution in [2.75, 3.05) is 0 Å². The summed E-state index contributed by atoms with van der Waals surface area (Å²) >= 11 is 0. The smallest absolute Gasteiger partial charge is 0.205 e. The molecule has 3 aromatic heterocycles. The highest BCUT2D eigenvalue weighted by molar-refractivity contribution is 5.80. The quantitative estimate of drug-likeness (QED) is 0.452. The minimum Gasteiger partial charge on any atom is -0.323 e.